The number of nitrogens with zero attached hydrogens (tertiary/aromatic N) is 4. The summed E-state index contributed by atoms with van der Waals surface area (Å²) in [5.41, 5.74) is 1.56. The van der Waals surface area contributed by atoms with E-state index in [1.165, 1.54) is 17.8 Å². The molecule has 1 aromatic heterocycles. The molecule has 0 atom stereocenters. The molecule has 0 spiro atoms. The molecule has 24 heavy (non-hydrogen) atoms. The lowest BCUT2D eigenvalue weighted by molar-refractivity contribution is 0.289. The molecule has 0 bridgehead atoms. The van der Waals surface area contributed by atoms with Gasteiger partial charge in [0.05, 0.1) is 5.69 Å². The second-order valence-electron chi connectivity index (χ2n) is 5.07. The van der Waals surface area contributed by atoms with E-state index in [2.05, 4.69) is 17.0 Å². The molecule has 0 amide bonds. The third-order valence-electron chi connectivity index (χ3n) is 3.57. The average Bonchev–Trinajstić information content (AvgIpc) is 2.93. The van der Waals surface area contributed by atoms with Crippen molar-refractivity contribution in [2.45, 2.75) is 6.61 Å². The highest BCUT2D eigenvalue weighted by Gasteiger charge is 2.14. The van der Waals surface area contributed by atoms with Gasteiger partial charge < -0.3 is 4.74 Å². The Hall–Kier alpha value is -3.22. The molecule has 0 saturated heterocycles. The van der Waals surface area contributed by atoms with Gasteiger partial charge in [0.2, 0.25) is 0 Å². The third-order valence-corrected chi connectivity index (χ3v) is 3.57. The molecule has 122 valence electrons. The van der Waals surface area contributed by atoms with Crippen LogP contribution < -0.4 is 10.4 Å². The van der Waals surface area contributed by atoms with Gasteiger partial charge in [0.25, 0.3) is 0 Å². The summed E-state index contributed by atoms with van der Waals surface area (Å²) in [4.78, 5) is 12.1. The minimum Gasteiger partial charge on any atom is -0.486 e. The Balaban J connectivity index is 2.03. The molecule has 7 heteroatoms. The molecule has 0 saturated carbocycles. The average molecular weight is 326 g/mol. The summed E-state index contributed by atoms with van der Waals surface area (Å²) in [7, 11) is 1.51. The normalized spacial score (nSPS) is 10.6. The van der Waals surface area contributed by atoms with Crippen molar-refractivity contribution < 1.29 is 9.13 Å². The van der Waals surface area contributed by atoms with Crippen LogP contribution >= 0.6 is 0 Å². The molecule has 3 aromatic rings. The Labute approximate surface area is 137 Å². The van der Waals surface area contributed by atoms with E-state index >= 15 is 0 Å². The van der Waals surface area contributed by atoms with Gasteiger partial charge in [0.15, 0.2) is 11.6 Å². The standard InChI is InChI=1S/C17H15FN4O2/c1-3-12-7-6-9-15(22-17(23)21(2)19-20-22)13(12)11-24-16-10-5-4-8-14(16)18/h3-10H,1,11H2,2H3. The van der Waals surface area contributed by atoms with Crippen molar-refractivity contribution in [3.8, 4) is 11.4 Å². The first kappa shape index (κ1) is 15.7. The third kappa shape index (κ3) is 2.83. The van der Waals surface area contributed by atoms with Crippen molar-refractivity contribution in [2.24, 2.45) is 7.05 Å². The van der Waals surface area contributed by atoms with Crippen LogP contribution in [-0.2, 0) is 13.7 Å². The lowest BCUT2D eigenvalue weighted by Crippen LogP contribution is -2.23. The maximum Gasteiger partial charge on any atom is 0.368 e. The first-order chi connectivity index (χ1) is 11.6. The molecular weight excluding hydrogens is 311 g/mol. The molecule has 2 aromatic carbocycles. The number of aromatic nitrogens is 4. The van der Waals surface area contributed by atoms with E-state index in [0.29, 0.717) is 11.3 Å². The van der Waals surface area contributed by atoms with Crippen LogP contribution in [0.1, 0.15) is 11.1 Å². The van der Waals surface area contributed by atoms with E-state index in [4.69, 9.17) is 4.74 Å². The Bertz CT molecular complexity index is 946. The largest absolute Gasteiger partial charge is 0.486 e. The number of ether oxygens (including phenoxy) is 1. The van der Waals surface area contributed by atoms with Crippen molar-refractivity contribution in [1.82, 2.24) is 19.8 Å². The van der Waals surface area contributed by atoms with E-state index in [1.807, 2.05) is 6.07 Å². The van der Waals surface area contributed by atoms with Crippen LogP contribution in [0.25, 0.3) is 11.8 Å². The predicted octanol–water partition coefficient (Wildman–Crippen LogP) is 2.33. The van der Waals surface area contributed by atoms with Gasteiger partial charge in [-0.25, -0.2) is 9.18 Å². The predicted molar refractivity (Wildman–Crippen MR) is 87.4 cm³/mol. The summed E-state index contributed by atoms with van der Waals surface area (Å²) in [6, 6.07) is 11.5. The number of aryl methyl sites for hydroxylation is 1. The zero-order valence-electron chi connectivity index (χ0n) is 13.0. The van der Waals surface area contributed by atoms with Crippen molar-refractivity contribution in [2.75, 3.05) is 0 Å². The summed E-state index contributed by atoms with van der Waals surface area (Å²) in [5, 5.41) is 7.56. The summed E-state index contributed by atoms with van der Waals surface area (Å²) >= 11 is 0. The Kier molecular flexibility index (Phi) is 4.24. The molecule has 0 unspecified atom stereocenters. The van der Waals surface area contributed by atoms with Crippen molar-refractivity contribution in [3.05, 3.63) is 76.5 Å². The number of halogens is 1. The van der Waals surface area contributed by atoms with Crippen LogP contribution in [0.4, 0.5) is 4.39 Å². The zero-order valence-corrected chi connectivity index (χ0v) is 13.0. The van der Waals surface area contributed by atoms with Crippen molar-refractivity contribution >= 4 is 6.08 Å². The molecule has 0 aliphatic heterocycles. The first-order valence-corrected chi connectivity index (χ1v) is 7.23. The Morgan fingerprint density at radius 2 is 2.00 bits per heavy atom. The minimum atomic E-state index is -0.452. The molecule has 1 heterocycles. The van der Waals surface area contributed by atoms with Crippen LogP contribution in [0.5, 0.6) is 5.75 Å². The van der Waals surface area contributed by atoms with E-state index in [-0.39, 0.29) is 18.0 Å². The van der Waals surface area contributed by atoms with E-state index < -0.39 is 5.82 Å². The highest BCUT2D eigenvalue weighted by atomic mass is 19.1. The summed E-state index contributed by atoms with van der Waals surface area (Å²) in [5.74, 6) is -0.319. The molecule has 0 N–H and O–H groups in total. The minimum absolute atomic E-state index is 0.0570. The SMILES string of the molecule is C=Cc1cccc(-n2nnn(C)c2=O)c1COc1ccccc1F. The number of para-hydroxylation sites is 1. The summed E-state index contributed by atoms with van der Waals surface area (Å²) < 4.78 is 21.6. The Morgan fingerprint density at radius 3 is 2.67 bits per heavy atom. The molecule has 6 nitrogen and oxygen atoms in total. The van der Waals surface area contributed by atoms with Gasteiger partial charge in [-0.2, -0.15) is 9.36 Å². The molecule has 0 aliphatic carbocycles. The highest BCUT2D eigenvalue weighted by Crippen LogP contribution is 2.22. The van der Waals surface area contributed by atoms with Crippen LogP contribution in [0.3, 0.4) is 0 Å². The fraction of sp³-hybridized carbons (Fsp3) is 0.118. The Morgan fingerprint density at radius 1 is 1.21 bits per heavy atom. The quantitative estimate of drug-likeness (QED) is 0.722. The van der Waals surface area contributed by atoms with Crippen molar-refractivity contribution in [3.63, 3.8) is 0 Å². The lowest BCUT2D eigenvalue weighted by atomic mass is 10.1. The summed E-state index contributed by atoms with van der Waals surface area (Å²) in [6.45, 7) is 3.83. The summed E-state index contributed by atoms with van der Waals surface area (Å²) in [6.07, 6.45) is 1.64. The molecule has 0 fully saturated rings. The van der Waals surface area contributed by atoms with Gasteiger partial charge in [-0.1, -0.05) is 36.9 Å². The fourth-order valence-corrected chi connectivity index (χ4v) is 2.32. The second kappa shape index (κ2) is 6.49. The smallest absolute Gasteiger partial charge is 0.368 e. The van der Waals surface area contributed by atoms with Crippen LogP contribution in [0.2, 0.25) is 0 Å². The van der Waals surface area contributed by atoms with E-state index in [9.17, 15) is 9.18 Å². The molecule has 0 aliphatic rings. The number of hydrogen-bond acceptors (Lipinski definition) is 4. The number of benzene rings is 2. The van der Waals surface area contributed by atoms with Gasteiger partial charge in [-0.15, -0.1) is 0 Å². The van der Waals surface area contributed by atoms with Gasteiger partial charge in [0, 0.05) is 12.6 Å². The van der Waals surface area contributed by atoms with Crippen LogP contribution in [0, 0.1) is 5.82 Å². The van der Waals surface area contributed by atoms with E-state index in [0.717, 1.165) is 10.2 Å². The monoisotopic (exact) mass is 326 g/mol. The van der Waals surface area contributed by atoms with Gasteiger partial charge in [-0.3, -0.25) is 0 Å². The second-order valence-corrected chi connectivity index (χ2v) is 5.07. The fourth-order valence-electron chi connectivity index (χ4n) is 2.32. The number of hydrogen-bond donors (Lipinski definition) is 0. The molecular formula is C17H15FN4O2. The lowest BCUT2D eigenvalue weighted by Gasteiger charge is -2.13. The maximum atomic E-state index is 13.7. The van der Waals surface area contributed by atoms with E-state index in [1.54, 1.807) is 36.4 Å². The van der Waals surface area contributed by atoms with Crippen molar-refractivity contribution in [1.29, 1.82) is 0 Å². The molecule has 3 rings (SSSR count). The number of rotatable bonds is 5. The topological polar surface area (TPSA) is 61.9 Å². The zero-order chi connectivity index (χ0) is 17.1. The van der Waals surface area contributed by atoms with Crippen LogP contribution in [0.15, 0.2) is 53.8 Å². The van der Waals surface area contributed by atoms with Gasteiger partial charge >= 0.3 is 5.69 Å². The first-order valence-electron chi connectivity index (χ1n) is 7.23. The number of tetrazole rings is 1. The van der Waals surface area contributed by atoms with Gasteiger partial charge in [0.1, 0.15) is 6.61 Å². The van der Waals surface area contributed by atoms with Gasteiger partial charge in [-0.05, 0) is 34.2 Å². The van der Waals surface area contributed by atoms with Crippen LogP contribution in [-0.4, -0.2) is 19.8 Å². The highest BCUT2D eigenvalue weighted by molar-refractivity contribution is 5.58. The molecule has 0 radical (unpaired) electrons. The maximum absolute atomic E-state index is 13.7.